The summed E-state index contributed by atoms with van der Waals surface area (Å²) in [4.78, 5) is 24.3. The molecule has 0 saturated carbocycles. The van der Waals surface area contributed by atoms with E-state index in [9.17, 15) is 9.59 Å². The molecule has 0 aliphatic heterocycles. The van der Waals surface area contributed by atoms with Crippen molar-refractivity contribution < 1.29 is 14.0 Å². The predicted molar refractivity (Wildman–Crippen MR) is 101 cm³/mol. The maximum Gasteiger partial charge on any atom is 0.305 e. The summed E-state index contributed by atoms with van der Waals surface area (Å²) in [5, 5.41) is 1.05. The second kappa shape index (κ2) is 7.83. The third-order valence-corrected chi connectivity index (χ3v) is 4.33. The molecule has 1 heterocycles. The van der Waals surface area contributed by atoms with Gasteiger partial charge < -0.3 is 4.42 Å². The second-order valence-corrected chi connectivity index (χ2v) is 6.43. The molecule has 0 atom stereocenters. The molecule has 0 bridgehead atoms. The molecule has 0 saturated heterocycles. The second-order valence-electron chi connectivity index (χ2n) is 5.18. The first-order chi connectivity index (χ1) is 12.5. The van der Waals surface area contributed by atoms with E-state index in [1.807, 2.05) is 0 Å². The van der Waals surface area contributed by atoms with Crippen LogP contribution in [0.1, 0.15) is 20.9 Å². The number of nitrogens with one attached hydrogen (secondary N) is 2. The van der Waals surface area contributed by atoms with E-state index < -0.39 is 11.8 Å². The molecule has 0 aliphatic carbocycles. The molecule has 132 valence electrons. The van der Waals surface area contributed by atoms with E-state index >= 15 is 0 Å². The lowest BCUT2D eigenvalue weighted by molar-refractivity contribution is 0.0831. The number of carbonyl (C=O) groups is 2. The van der Waals surface area contributed by atoms with Crippen LogP contribution in [0.5, 0.6) is 0 Å². The molecule has 0 aliphatic rings. The van der Waals surface area contributed by atoms with Gasteiger partial charge in [0.1, 0.15) is 5.76 Å². The average molecular weight is 410 g/mol. The first-order valence-corrected chi connectivity index (χ1v) is 8.49. The maximum atomic E-state index is 12.2. The minimum Gasteiger partial charge on any atom is -0.451 e. The van der Waals surface area contributed by atoms with E-state index in [0.717, 1.165) is 0 Å². The van der Waals surface area contributed by atoms with Gasteiger partial charge in [-0.15, -0.1) is 0 Å². The van der Waals surface area contributed by atoms with E-state index in [2.05, 4.69) is 10.9 Å². The van der Waals surface area contributed by atoms with Gasteiger partial charge in [0.2, 0.25) is 0 Å². The van der Waals surface area contributed by atoms with Gasteiger partial charge >= 0.3 is 5.91 Å². The zero-order valence-corrected chi connectivity index (χ0v) is 15.3. The van der Waals surface area contributed by atoms with Gasteiger partial charge in [0, 0.05) is 10.6 Å². The molecule has 0 unspecified atom stereocenters. The third-order valence-electron chi connectivity index (χ3n) is 3.43. The molecule has 0 fully saturated rings. The highest BCUT2D eigenvalue weighted by molar-refractivity contribution is 6.35. The number of carbonyl (C=O) groups excluding carboxylic acids is 2. The molecule has 3 rings (SSSR count). The first kappa shape index (κ1) is 18.3. The molecule has 1 aromatic heterocycles. The summed E-state index contributed by atoms with van der Waals surface area (Å²) < 4.78 is 5.50. The van der Waals surface area contributed by atoms with E-state index in [4.69, 9.17) is 39.2 Å². The Morgan fingerprint density at radius 3 is 2.31 bits per heavy atom. The molecule has 2 amide bonds. The van der Waals surface area contributed by atoms with E-state index in [0.29, 0.717) is 21.4 Å². The summed E-state index contributed by atoms with van der Waals surface area (Å²) in [5.74, 6) is -0.791. The van der Waals surface area contributed by atoms with Crippen molar-refractivity contribution in [2.24, 2.45) is 0 Å². The van der Waals surface area contributed by atoms with Crippen LogP contribution >= 0.6 is 34.8 Å². The highest BCUT2D eigenvalue weighted by Crippen LogP contribution is 2.29. The lowest BCUT2D eigenvalue weighted by Gasteiger charge is -2.07. The van der Waals surface area contributed by atoms with E-state index in [1.54, 1.807) is 36.4 Å². The Balaban J connectivity index is 1.68. The number of hydrazine groups is 1. The van der Waals surface area contributed by atoms with Crippen LogP contribution in [0.25, 0.3) is 11.3 Å². The van der Waals surface area contributed by atoms with Gasteiger partial charge in [-0.25, -0.2) is 0 Å². The SMILES string of the molecule is O=C(NNC(=O)c1cc(Cl)ccc1Cl)c1ccc(-c2ccccc2Cl)o1. The quantitative estimate of drug-likeness (QED) is 0.599. The summed E-state index contributed by atoms with van der Waals surface area (Å²) in [6.45, 7) is 0. The van der Waals surface area contributed by atoms with Crippen LogP contribution < -0.4 is 10.9 Å². The van der Waals surface area contributed by atoms with Gasteiger partial charge in [-0.05, 0) is 42.5 Å². The Kier molecular flexibility index (Phi) is 5.52. The third kappa shape index (κ3) is 4.02. The number of hydrogen-bond acceptors (Lipinski definition) is 3. The van der Waals surface area contributed by atoms with Crippen molar-refractivity contribution in [3.8, 4) is 11.3 Å². The molecule has 0 radical (unpaired) electrons. The van der Waals surface area contributed by atoms with Crippen molar-refractivity contribution in [1.82, 2.24) is 10.9 Å². The molecule has 0 spiro atoms. The fourth-order valence-corrected chi connectivity index (χ4v) is 2.78. The highest BCUT2D eigenvalue weighted by Gasteiger charge is 2.16. The van der Waals surface area contributed by atoms with Crippen LogP contribution in [-0.2, 0) is 0 Å². The summed E-state index contributed by atoms with van der Waals surface area (Å²) in [6.07, 6.45) is 0. The lowest BCUT2D eigenvalue weighted by atomic mass is 10.2. The molecule has 26 heavy (non-hydrogen) atoms. The Labute approximate surface area is 163 Å². The normalized spacial score (nSPS) is 10.4. The number of amides is 2. The van der Waals surface area contributed by atoms with Crippen molar-refractivity contribution in [3.05, 3.63) is 81.0 Å². The van der Waals surface area contributed by atoms with Crippen molar-refractivity contribution in [1.29, 1.82) is 0 Å². The molecular weight excluding hydrogens is 399 g/mol. The fourth-order valence-electron chi connectivity index (χ4n) is 2.18. The van der Waals surface area contributed by atoms with Crippen LogP contribution in [0.15, 0.2) is 59.0 Å². The number of hydrogen-bond donors (Lipinski definition) is 2. The van der Waals surface area contributed by atoms with Crippen molar-refractivity contribution >= 4 is 46.6 Å². The monoisotopic (exact) mass is 408 g/mol. The van der Waals surface area contributed by atoms with Crippen LogP contribution in [0, 0.1) is 0 Å². The van der Waals surface area contributed by atoms with Crippen LogP contribution in [0.2, 0.25) is 15.1 Å². The van der Waals surface area contributed by atoms with Gasteiger partial charge in [-0.3, -0.25) is 20.4 Å². The van der Waals surface area contributed by atoms with E-state index in [-0.39, 0.29) is 16.3 Å². The van der Waals surface area contributed by atoms with Gasteiger partial charge in [0.15, 0.2) is 5.76 Å². The van der Waals surface area contributed by atoms with Gasteiger partial charge in [0.25, 0.3) is 5.91 Å². The minimum atomic E-state index is -0.630. The molecular formula is C18H11Cl3N2O3. The average Bonchev–Trinajstić information content (AvgIpc) is 3.11. The first-order valence-electron chi connectivity index (χ1n) is 7.36. The fraction of sp³-hybridized carbons (Fsp3) is 0. The van der Waals surface area contributed by atoms with Crippen LogP contribution in [-0.4, -0.2) is 11.8 Å². The van der Waals surface area contributed by atoms with Crippen LogP contribution in [0.4, 0.5) is 0 Å². The number of benzene rings is 2. The van der Waals surface area contributed by atoms with Crippen molar-refractivity contribution in [2.75, 3.05) is 0 Å². The largest absolute Gasteiger partial charge is 0.451 e. The molecule has 2 aromatic carbocycles. The smallest absolute Gasteiger partial charge is 0.305 e. The van der Waals surface area contributed by atoms with Gasteiger partial charge in [-0.2, -0.15) is 0 Å². The number of furan rings is 1. The maximum absolute atomic E-state index is 12.2. The summed E-state index contributed by atoms with van der Waals surface area (Å²) in [6, 6.07) is 14.6. The van der Waals surface area contributed by atoms with Crippen molar-refractivity contribution in [3.63, 3.8) is 0 Å². The summed E-state index contributed by atoms with van der Waals surface area (Å²) >= 11 is 17.9. The Hall–Kier alpha value is -2.47. The predicted octanol–water partition coefficient (Wildman–Crippen LogP) is 4.98. The zero-order chi connectivity index (χ0) is 18.7. The van der Waals surface area contributed by atoms with Crippen molar-refractivity contribution in [2.45, 2.75) is 0 Å². The molecule has 2 N–H and O–H groups in total. The highest BCUT2D eigenvalue weighted by atomic mass is 35.5. The van der Waals surface area contributed by atoms with Gasteiger partial charge in [0.05, 0.1) is 15.6 Å². The molecule has 8 heteroatoms. The molecule has 5 nitrogen and oxygen atoms in total. The van der Waals surface area contributed by atoms with Gasteiger partial charge in [-0.1, -0.05) is 46.9 Å². The number of halogens is 3. The number of rotatable bonds is 3. The zero-order valence-electron chi connectivity index (χ0n) is 13.1. The summed E-state index contributed by atoms with van der Waals surface area (Å²) in [7, 11) is 0. The summed E-state index contributed by atoms with van der Waals surface area (Å²) in [5.41, 5.74) is 5.30. The minimum absolute atomic E-state index is 0.0115. The van der Waals surface area contributed by atoms with Crippen LogP contribution in [0.3, 0.4) is 0 Å². The van der Waals surface area contributed by atoms with E-state index in [1.165, 1.54) is 18.2 Å². The molecule has 3 aromatic rings. The Morgan fingerprint density at radius 1 is 0.808 bits per heavy atom. The lowest BCUT2D eigenvalue weighted by Crippen LogP contribution is -2.41. The standard InChI is InChI=1S/C18H11Cl3N2O3/c19-10-5-6-14(21)12(9-10)17(24)22-23-18(25)16-8-7-15(26-16)11-3-1-2-4-13(11)20/h1-9H,(H,22,24)(H,23,25). The Morgan fingerprint density at radius 2 is 1.54 bits per heavy atom. The topological polar surface area (TPSA) is 71.3 Å². The Bertz CT molecular complexity index is 985.